The maximum Gasteiger partial charge on any atom is 0.268 e. The molecular formula is C76H139N2O6P. The number of nitrogens with zero attached hydrogens (tertiary/aromatic N) is 1. The van der Waals surface area contributed by atoms with Crippen LogP contribution < -0.4 is 10.2 Å². The van der Waals surface area contributed by atoms with Gasteiger partial charge in [-0.25, -0.2) is 0 Å². The number of hydrogen-bond acceptors (Lipinski definition) is 6. The van der Waals surface area contributed by atoms with Crippen LogP contribution in [-0.2, 0) is 18.4 Å². The first kappa shape index (κ1) is 82.4. The fraction of sp³-hybridized carbons (Fsp3) is 0.776. The van der Waals surface area contributed by atoms with Crippen molar-refractivity contribution in [1.29, 1.82) is 0 Å². The molecule has 3 unspecified atom stereocenters. The van der Waals surface area contributed by atoms with Crippen molar-refractivity contribution in [3.8, 4) is 0 Å². The molecule has 0 aromatic rings. The van der Waals surface area contributed by atoms with Gasteiger partial charge in [0, 0.05) is 6.42 Å². The summed E-state index contributed by atoms with van der Waals surface area (Å²) in [6, 6.07) is -0.805. The van der Waals surface area contributed by atoms with Crippen molar-refractivity contribution < 1.29 is 32.9 Å². The summed E-state index contributed by atoms with van der Waals surface area (Å²) in [6.45, 7) is 4.64. The first-order valence-corrected chi connectivity index (χ1v) is 37.5. The predicted octanol–water partition coefficient (Wildman–Crippen LogP) is 22.6. The van der Waals surface area contributed by atoms with Crippen molar-refractivity contribution in [3.05, 3.63) is 97.2 Å². The molecule has 1 amide bonds. The topological polar surface area (TPSA) is 108 Å². The summed E-state index contributed by atoms with van der Waals surface area (Å²) in [5.41, 5.74) is 0. The molecule has 0 aromatic carbocycles. The van der Waals surface area contributed by atoms with Crippen molar-refractivity contribution in [1.82, 2.24) is 5.32 Å². The first-order chi connectivity index (χ1) is 41.5. The summed E-state index contributed by atoms with van der Waals surface area (Å²) in [5.74, 6) is -0.162. The zero-order valence-corrected chi connectivity index (χ0v) is 57.4. The molecule has 0 aromatic heterocycles. The van der Waals surface area contributed by atoms with E-state index in [0.717, 1.165) is 89.9 Å². The highest BCUT2D eigenvalue weighted by Gasteiger charge is 2.24. The third-order valence-corrected chi connectivity index (χ3v) is 17.1. The molecule has 8 nitrogen and oxygen atoms in total. The number of carbonyl (C=O) groups is 1. The highest BCUT2D eigenvalue weighted by Crippen LogP contribution is 2.38. The van der Waals surface area contributed by atoms with E-state index < -0.39 is 20.0 Å². The van der Waals surface area contributed by atoms with Gasteiger partial charge in [-0.2, -0.15) is 0 Å². The van der Waals surface area contributed by atoms with Crippen molar-refractivity contribution in [2.45, 2.75) is 341 Å². The van der Waals surface area contributed by atoms with Crippen LogP contribution in [0.4, 0.5) is 0 Å². The molecule has 0 fully saturated rings. The molecule has 0 heterocycles. The Morgan fingerprint density at radius 3 is 1.05 bits per heavy atom. The van der Waals surface area contributed by atoms with Gasteiger partial charge in [0.1, 0.15) is 13.2 Å². The monoisotopic (exact) mass is 1210 g/mol. The Labute approximate surface area is 528 Å². The number of allylic oxidation sites excluding steroid dienone is 16. The van der Waals surface area contributed by atoms with Crippen LogP contribution in [0.15, 0.2) is 97.2 Å². The molecule has 0 aliphatic carbocycles. The lowest BCUT2D eigenvalue weighted by Crippen LogP contribution is -2.46. The quantitative estimate of drug-likeness (QED) is 0.0272. The van der Waals surface area contributed by atoms with Gasteiger partial charge >= 0.3 is 0 Å². The third-order valence-electron chi connectivity index (χ3n) is 16.1. The molecule has 0 bridgehead atoms. The Hall–Kier alpha value is -2.58. The van der Waals surface area contributed by atoms with Crippen LogP contribution >= 0.6 is 7.82 Å². The molecule has 0 rings (SSSR count). The number of aliphatic hydroxyl groups excluding tert-OH is 1. The minimum Gasteiger partial charge on any atom is -0.756 e. The maximum atomic E-state index is 13.1. The second-order valence-electron chi connectivity index (χ2n) is 25.6. The number of amides is 1. The summed E-state index contributed by atoms with van der Waals surface area (Å²) < 4.78 is 23.5. The molecule has 0 aliphatic heterocycles. The van der Waals surface area contributed by atoms with Gasteiger partial charge in [0.15, 0.2) is 0 Å². The van der Waals surface area contributed by atoms with Crippen LogP contribution in [0, 0.1) is 0 Å². The number of phosphoric acid groups is 1. The minimum absolute atomic E-state index is 0.0109. The predicted molar refractivity (Wildman–Crippen MR) is 371 cm³/mol. The summed E-state index contributed by atoms with van der Waals surface area (Å²) in [4.78, 5) is 25.7. The molecule has 9 heteroatoms. The molecule has 0 saturated heterocycles. The van der Waals surface area contributed by atoms with Crippen LogP contribution in [0.5, 0.6) is 0 Å². The Morgan fingerprint density at radius 1 is 0.424 bits per heavy atom. The number of rotatable bonds is 66. The van der Waals surface area contributed by atoms with Crippen LogP contribution in [0.2, 0.25) is 0 Å². The second kappa shape index (κ2) is 65.9. The Balaban J connectivity index is 3.99. The molecule has 494 valence electrons. The Kier molecular flexibility index (Phi) is 63.9. The number of nitrogens with one attached hydrogen (secondary N) is 1. The fourth-order valence-corrected chi connectivity index (χ4v) is 11.3. The van der Waals surface area contributed by atoms with E-state index >= 15 is 0 Å². The van der Waals surface area contributed by atoms with Gasteiger partial charge in [-0.1, -0.05) is 342 Å². The van der Waals surface area contributed by atoms with Gasteiger partial charge in [0.25, 0.3) is 7.82 Å². The average Bonchev–Trinajstić information content (AvgIpc) is 3.48. The summed E-state index contributed by atoms with van der Waals surface area (Å²) >= 11 is 0. The van der Waals surface area contributed by atoms with E-state index in [1.165, 1.54) is 212 Å². The van der Waals surface area contributed by atoms with Crippen LogP contribution in [0.25, 0.3) is 0 Å². The van der Waals surface area contributed by atoms with Gasteiger partial charge in [-0.05, 0) is 77.0 Å². The first-order valence-electron chi connectivity index (χ1n) is 36.1. The molecule has 85 heavy (non-hydrogen) atoms. The fourth-order valence-electron chi connectivity index (χ4n) is 10.5. The largest absolute Gasteiger partial charge is 0.756 e. The number of quaternary nitrogens is 1. The van der Waals surface area contributed by atoms with E-state index in [1.54, 1.807) is 0 Å². The van der Waals surface area contributed by atoms with Crippen molar-refractivity contribution in [2.24, 2.45) is 0 Å². The van der Waals surface area contributed by atoms with Gasteiger partial charge in [-0.15, -0.1) is 0 Å². The summed E-state index contributed by atoms with van der Waals surface area (Å²) in [5, 5.41) is 14.1. The molecule has 3 atom stereocenters. The van der Waals surface area contributed by atoms with E-state index in [1.807, 2.05) is 21.1 Å². The number of phosphoric ester groups is 1. The highest BCUT2D eigenvalue weighted by molar-refractivity contribution is 7.45. The van der Waals surface area contributed by atoms with E-state index in [-0.39, 0.29) is 19.1 Å². The number of likely N-dealkylation sites (N-methyl/N-ethyl adjacent to an activating group) is 1. The number of hydrogen-bond donors (Lipinski definition) is 2. The van der Waals surface area contributed by atoms with Gasteiger partial charge in [0.05, 0.1) is 39.9 Å². The van der Waals surface area contributed by atoms with Crippen LogP contribution in [0.3, 0.4) is 0 Å². The van der Waals surface area contributed by atoms with Gasteiger partial charge in [0.2, 0.25) is 5.91 Å². The smallest absolute Gasteiger partial charge is 0.268 e. The molecule has 0 aliphatic rings. The lowest BCUT2D eigenvalue weighted by Gasteiger charge is -2.30. The normalized spacial score (nSPS) is 14.2. The molecule has 0 radical (unpaired) electrons. The molecule has 2 N–H and O–H groups in total. The number of unbranched alkanes of at least 4 members (excludes halogenated alkanes) is 37. The van der Waals surface area contributed by atoms with Gasteiger partial charge < -0.3 is 28.8 Å². The van der Waals surface area contributed by atoms with E-state index in [9.17, 15) is 19.4 Å². The summed E-state index contributed by atoms with van der Waals surface area (Å²) in [6.07, 6.45) is 94.8. The SMILES string of the molecule is CC/C=C\C/C=C\C/C=C\C/C=C\C/C=C\C/C=C\C/C=C\C/C=C\CCCCCCCCCCCCCCCCCCC(=O)NC(COP(=O)([O-])OCC[N+](C)(C)C)C(O)CCCCCCCCCCCCCCCCCCCCCCCC. The number of carbonyl (C=O) groups excluding carboxylic acids is 1. The zero-order valence-electron chi connectivity index (χ0n) is 56.5. The van der Waals surface area contributed by atoms with E-state index in [4.69, 9.17) is 9.05 Å². The van der Waals surface area contributed by atoms with Crippen LogP contribution in [-0.4, -0.2) is 68.5 Å². The lowest BCUT2D eigenvalue weighted by atomic mass is 10.0. The minimum atomic E-state index is -4.58. The lowest BCUT2D eigenvalue weighted by molar-refractivity contribution is -0.870. The van der Waals surface area contributed by atoms with E-state index in [2.05, 4.69) is 116 Å². The molecule has 0 spiro atoms. The van der Waals surface area contributed by atoms with Crippen LogP contribution in [0.1, 0.15) is 328 Å². The zero-order chi connectivity index (χ0) is 61.9. The van der Waals surface area contributed by atoms with Crippen molar-refractivity contribution >= 4 is 13.7 Å². The molecular weight excluding hydrogens is 1070 g/mol. The highest BCUT2D eigenvalue weighted by atomic mass is 31.2. The molecule has 0 saturated carbocycles. The number of aliphatic hydroxyl groups is 1. The maximum absolute atomic E-state index is 13.1. The third kappa shape index (κ3) is 68.8. The van der Waals surface area contributed by atoms with Crippen molar-refractivity contribution in [2.75, 3.05) is 40.9 Å². The summed E-state index contributed by atoms with van der Waals surface area (Å²) in [7, 11) is 1.31. The average molecular weight is 1210 g/mol. The Morgan fingerprint density at radius 2 is 0.718 bits per heavy atom. The van der Waals surface area contributed by atoms with E-state index in [0.29, 0.717) is 23.9 Å². The Bertz CT molecular complexity index is 1710. The van der Waals surface area contributed by atoms with Crippen molar-refractivity contribution in [3.63, 3.8) is 0 Å². The second-order valence-corrected chi connectivity index (χ2v) is 27.0. The van der Waals surface area contributed by atoms with Gasteiger partial charge in [-0.3, -0.25) is 9.36 Å². The standard InChI is InChI=1S/C76H139N2O6P/c1-6-8-10-12-14-16-18-20-22-24-26-28-30-31-32-33-34-35-36-37-38-39-40-41-42-43-44-45-46-47-48-50-52-54-56-58-60-62-64-66-68-70-76(80)77-74(73-84-85(81,82)83-72-71-78(3,4)5)75(79)69-67-65-63-61-59-57-55-53-51-49-29-27-25-23-21-19-17-15-13-11-9-7-2/h8,10,14,16,20,22,26,28,31-32,34-35,37-38,40-41,74-75,79H,6-7,9,11-13,15,17-19,21,23-25,27,29-30,33,36,39,42-73H2,1-5H3,(H-,77,80,81,82)/b10-8-,16-14-,22-20-,28-26-,32-31-,35-34-,38-37-,41-40-.